The van der Waals surface area contributed by atoms with Crippen molar-refractivity contribution in [1.82, 2.24) is 15.0 Å². The summed E-state index contributed by atoms with van der Waals surface area (Å²) in [6.07, 6.45) is 3.29. The quantitative estimate of drug-likeness (QED) is 0.723. The van der Waals surface area contributed by atoms with E-state index in [4.69, 9.17) is 5.73 Å². The molecule has 1 unspecified atom stereocenters. The van der Waals surface area contributed by atoms with Crippen LogP contribution in [0.4, 0.5) is 5.69 Å². The first-order valence-corrected chi connectivity index (χ1v) is 7.45. The topological polar surface area (TPSA) is 56.7 Å². The number of nitrogens with two attached hydrogens (primary N) is 1. The van der Waals surface area contributed by atoms with Gasteiger partial charge < -0.3 is 5.73 Å². The highest BCUT2D eigenvalue weighted by Crippen LogP contribution is 2.30. The average molecular weight is 280 g/mol. The predicted octanol–water partition coefficient (Wildman–Crippen LogP) is 3.79. The van der Waals surface area contributed by atoms with Gasteiger partial charge in [-0.3, -0.25) is 0 Å². The maximum atomic E-state index is 6.18. The first kappa shape index (κ1) is 13.6. The van der Waals surface area contributed by atoms with Gasteiger partial charge in [-0.25, -0.2) is 4.68 Å². The molecule has 0 fully saturated rings. The number of unbranched alkanes of at least 4 members (excludes halogenated alkanes) is 1. The van der Waals surface area contributed by atoms with E-state index < -0.39 is 0 Å². The van der Waals surface area contributed by atoms with E-state index in [1.807, 2.05) is 41.1 Å². The molecule has 2 N–H and O–H groups in total. The largest absolute Gasteiger partial charge is 0.398 e. The van der Waals surface area contributed by atoms with Crippen LogP contribution in [0.15, 0.2) is 48.5 Å². The van der Waals surface area contributed by atoms with Crippen LogP contribution in [0, 0.1) is 0 Å². The van der Waals surface area contributed by atoms with Gasteiger partial charge in [0.25, 0.3) is 0 Å². The molecule has 0 saturated carbocycles. The van der Waals surface area contributed by atoms with Crippen molar-refractivity contribution < 1.29 is 0 Å². The summed E-state index contributed by atoms with van der Waals surface area (Å²) in [7, 11) is 0. The number of para-hydroxylation sites is 2. The summed E-state index contributed by atoms with van der Waals surface area (Å²) in [4.78, 5) is 0. The molecule has 4 heteroatoms. The normalized spacial score (nSPS) is 12.6. The first-order valence-electron chi connectivity index (χ1n) is 7.45. The van der Waals surface area contributed by atoms with Crippen LogP contribution in [0.3, 0.4) is 0 Å². The van der Waals surface area contributed by atoms with Gasteiger partial charge in [0.15, 0.2) is 0 Å². The van der Waals surface area contributed by atoms with Gasteiger partial charge in [0, 0.05) is 5.69 Å². The lowest BCUT2D eigenvalue weighted by Gasteiger charge is -2.19. The van der Waals surface area contributed by atoms with E-state index in [2.05, 4.69) is 29.4 Å². The lowest BCUT2D eigenvalue weighted by Crippen LogP contribution is -2.14. The van der Waals surface area contributed by atoms with Crippen LogP contribution in [-0.4, -0.2) is 15.0 Å². The number of benzene rings is 2. The Bertz CT molecular complexity index is 732. The van der Waals surface area contributed by atoms with E-state index in [1.54, 1.807) is 0 Å². The molecule has 3 rings (SSSR count). The second kappa shape index (κ2) is 5.95. The molecule has 1 atom stereocenters. The Morgan fingerprint density at radius 1 is 1.10 bits per heavy atom. The van der Waals surface area contributed by atoms with Crippen LogP contribution in [0.2, 0.25) is 0 Å². The van der Waals surface area contributed by atoms with Gasteiger partial charge in [-0.05, 0) is 30.2 Å². The van der Waals surface area contributed by atoms with Gasteiger partial charge >= 0.3 is 0 Å². The molecule has 0 aliphatic rings. The second-order valence-corrected chi connectivity index (χ2v) is 5.31. The molecule has 21 heavy (non-hydrogen) atoms. The maximum Gasteiger partial charge on any atom is 0.113 e. The Kier molecular flexibility index (Phi) is 3.86. The number of fused-ring (bicyclic) bond motifs is 1. The molecule has 0 spiro atoms. The highest BCUT2D eigenvalue weighted by molar-refractivity contribution is 5.74. The number of nitrogens with zero attached hydrogens (tertiary/aromatic N) is 3. The predicted molar refractivity (Wildman–Crippen MR) is 86.0 cm³/mol. The van der Waals surface area contributed by atoms with Crippen molar-refractivity contribution in [1.29, 1.82) is 0 Å². The smallest absolute Gasteiger partial charge is 0.113 e. The Morgan fingerprint density at radius 3 is 2.67 bits per heavy atom. The third kappa shape index (κ3) is 2.61. The first-order chi connectivity index (χ1) is 10.3. The summed E-state index contributed by atoms with van der Waals surface area (Å²) < 4.78 is 2.01. The van der Waals surface area contributed by atoms with Crippen molar-refractivity contribution in [2.45, 2.75) is 32.2 Å². The molecular formula is C17H20N4. The monoisotopic (exact) mass is 280 g/mol. The minimum atomic E-state index is 0.138. The molecule has 108 valence electrons. The zero-order valence-electron chi connectivity index (χ0n) is 12.2. The summed E-state index contributed by atoms with van der Waals surface area (Å²) in [6.45, 7) is 2.20. The van der Waals surface area contributed by atoms with Crippen LogP contribution in [0.1, 0.15) is 37.8 Å². The molecular weight excluding hydrogens is 260 g/mol. The Labute approximate surface area is 124 Å². The second-order valence-electron chi connectivity index (χ2n) is 5.31. The average Bonchev–Trinajstić information content (AvgIpc) is 2.93. The zero-order chi connectivity index (χ0) is 14.7. The highest BCUT2D eigenvalue weighted by Gasteiger charge is 2.19. The third-order valence-corrected chi connectivity index (χ3v) is 3.86. The summed E-state index contributed by atoms with van der Waals surface area (Å²) in [5.74, 6) is 0. The molecule has 0 amide bonds. The van der Waals surface area contributed by atoms with E-state index in [-0.39, 0.29) is 6.04 Å². The lowest BCUT2D eigenvalue weighted by molar-refractivity contribution is 0.473. The van der Waals surface area contributed by atoms with Crippen LogP contribution < -0.4 is 5.73 Å². The van der Waals surface area contributed by atoms with Crippen LogP contribution in [0.5, 0.6) is 0 Å². The third-order valence-electron chi connectivity index (χ3n) is 3.86. The van der Waals surface area contributed by atoms with Crippen molar-refractivity contribution in [3.63, 3.8) is 0 Å². The van der Waals surface area contributed by atoms with Gasteiger partial charge in [-0.2, -0.15) is 0 Å². The molecule has 0 bridgehead atoms. The zero-order valence-corrected chi connectivity index (χ0v) is 12.2. The SMILES string of the molecule is CCCCC(c1ccccc1N)n1nnc2ccccc21. The van der Waals surface area contributed by atoms with Crippen LogP contribution >= 0.6 is 0 Å². The number of hydrogen-bond donors (Lipinski definition) is 1. The minimum Gasteiger partial charge on any atom is -0.398 e. The number of rotatable bonds is 5. The molecule has 0 saturated heterocycles. The number of aromatic nitrogens is 3. The summed E-state index contributed by atoms with van der Waals surface area (Å²) in [5, 5.41) is 8.65. The molecule has 1 aromatic heterocycles. The van der Waals surface area contributed by atoms with Gasteiger partial charge in [0.05, 0.1) is 11.6 Å². The maximum absolute atomic E-state index is 6.18. The van der Waals surface area contributed by atoms with Gasteiger partial charge in [0.2, 0.25) is 0 Å². The number of nitrogen functional groups attached to an aromatic ring is 1. The Hall–Kier alpha value is -2.36. The molecule has 0 radical (unpaired) electrons. The molecule has 3 aromatic rings. The van der Waals surface area contributed by atoms with Gasteiger partial charge in [0.1, 0.15) is 5.52 Å². The molecule has 0 aliphatic heterocycles. The van der Waals surface area contributed by atoms with E-state index in [0.717, 1.165) is 41.5 Å². The molecule has 1 heterocycles. The fourth-order valence-corrected chi connectivity index (χ4v) is 2.74. The van der Waals surface area contributed by atoms with Gasteiger partial charge in [-0.1, -0.05) is 55.3 Å². The lowest BCUT2D eigenvalue weighted by atomic mass is 9.99. The van der Waals surface area contributed by atoms with E-state index in [9.17, 15) is 0 Å². The number of hydrogen-bond acceptors (Lipinski definition) is 3. The van der Waals surface area contributed by atoms with Crippen LogP contribution in [0.25, 0.3) is 11.0 Å². The highest BCUT2D eigenvalue weighted by atomic mass is 15.4. The minimum absolute atomic E-state index is 0.138. The van der Waals surface area contributed by atoms with E-state index >= 15 is 0 Å². The molecule has 4 nitrogen and oxygen atoms in total. The van der Waals surface area contributed by atoms with Crippen molar-refractivity contribution in [2.75, 3.05) is 5.73 Å². The Balaban J connectivity index is 2.09. The fraction of sp³-hybridized carbons (Fsp3) is 0.294. The molecule has 0 aliphatic carbocycles. The molecule has 2 aromatic carbocycles. The van der Waals surface area contributed by atoms with Crippen molar-refractivity contribution in [2.24, 2.45) is 0 Å². The van der Waals surface area contributed by atoms with Crippen molar-refractivity contribution in [3.8, 4) is 0 Å². The van der Waals surface area contributed by atoms with Crippen LogP contribution in [-0.2, 0) is 0 Å². The summed E-state index contributed by atoms with van der Waals surface area (Å²) in [6, 6.07) is 16.2. The summed E-state index contributed by atoms with van der Waals surface area (Å²) >= 11 is 0. The fourth-order valence-electron chi connectivity index (χ4n) is 2.74. The number of anilines is 1. The van der Waals surface area contributed by atoms with Gasteiger partial charge in [-0.15, -0.1) is 5.10 Å². The van der Waals surface area contributed by atoms with E-state index in [1.165, 1.54) is 0 Å². The summed E-state index contributed by atoms with van der Waals surface area (Å²) in [5.41, 5.74) is 10.1. The van der Waals surface area contributed by atoms with Crippen molar-refractivity contribution in [3.05, 3.63) is 54.1 Å². The standard InChI is InChI=1S/C17H20N4/c1-2-3-11-16(13-8-4-5-9-14(13)18)21-17-12-7-6-10-15(17)19-20-21/h4-10,12,16H,2-3,11,18H2,1H3. The van der Waals surface area contributed by atoms with E-state index in [0.29, 0.717) is 0 Å². The van der Waals surface area contributed by atoms with Crippen molar-refractivity contribution >= 4 is 16.7 Å². The Morgan fingerprint density at radius 2 is 1.86 bits per heavy atom.